The van der Waals surface area contributed by atoms with Crippen LogP contribution in [0.1, 0.15) is 11.3 Å². The number of ether oxygens (including phenoxy) is 1. The molecule has 21 heavy (non-hydrogen) atoms. The van der Waals surface area contributed by atoms with Crippen LogP contribution in [0.5, 0.6) is 0 Å². The molecule has 1 aliphatic rings. The SMILES string of the molecule is Cc1cc(N2CCNCC2COCc2ccccc2)no1. The highest BCUT2D eigenvalue weighted by Crippen LogP contribution is 2.18. The van der Waals surface area contributed by atoms with E-state index in [4.69, 9.17) is 9.26 Å². The van der Waals surface area contributed by atoms with Crippen molar-refractivity contribution in [3.63, 3.8) is 0 Å². The van der Waals surface area contributed by atoms with Crippen molar-refractivity contribution in [3.8, 4) is 0 Å². The van der Waals surface area contributed by atoms with Crippen LogP contribution in [0.4, 0.5) is 5.82 Å². The second-order valence-electron chi connectivity index (χ2n) is 5.35. The smallest absolute Gasteiger partial charge is 0.172 e. The third-order valence-corrected chi connectivity index (χ3v) is 3.68. The molecule has 1 unspecified atom stereocenters. The van der Waals surface area contributed by atoms with E-state index in [0.717, 1.165) is 31.2 Å². The molecular formula is C16H21N3O2. The first-order valence-corrected chi connectivity index (χ1v) is 7.35. The molecule has 0 amide bonds. The molecule has 1 saturated heterocycles. The van der Waals surface area contributed by atoms with Crippen LogP contribution in [-0.4, -0.2) is 37.4 Å². The van der Waals surface area contributed by atoms with Crippen molar-refractivity contribution in [2.75, 3.05) is 31.1 Å². The van der Waals surface area contributed by atoms with Crippen molar-refractivity contribution in [1.82, 2.24) is 10.5 Å². The van der Waals surface area contributed by atoms with Crippen molar-refractivity contribution in [3.05, 3.63) is 47.7 Å². The number of piperazine rings is 1. The van der Waals surface area contributed by atoms with Crippen molar-refractivity contribution in [2.24, 2.45) is 0 Å². The first-order valence-electron chi connectivity index (χ1n) is 7.35. The molecule has 5 heteroatoms. The summed E-state index contributed by atoms with van der Waals surface area (Å²) in [5.74, 6) is 1.75. The van der Waals surface area contributed by atoms with Crippen molar-refractivity contribution < 1.29 is 9.26 Å². The maximum atomic E-state index is 5.88. The first-order chi connectivity index (χ1) is 10.3. The minimum Gasteiger partial charge on any atom is -0.375 e. The Bertz CT molecular complexity index is 556. The maximum absolute atomic E-state index is 5.88. The highest BCUT2D eigenvalue weighted by molar-refractivity contribution is 5.40. The molecule has 1 fully saturated rings. The topological polar surface area (TPSA) is 50.5 Å². The zero-order valence-electron chi connectivity index (χ0n) is 12.3. The van der Waals surface area contributed by atoms with Gasteiger partial charge in [0, 0.05) is 25.7 Å². The number of anilines is 1. The predicted molar refractivity (Wildman–Crippen MR) is 81.3 cm³/mol. The lowest BCUT2D eigenvalue weighted by atomic mass is 10.2. The molecule has 3 rings (SSSR count). The summed E-state index contributed by atoms with van der Waals surface area (Å²) >= 11 is 0. The number of hydrogen-bond donors (Lipinski definition) is 1. The zero-order valence-corrected chi connectivity index (χ0v) is 12.3. The van der Waals surface area contributed by atoms with Gasteiger partial charge in [-0.2, -0.15) is 0 Å². The molecule has 1 aromatic heterocycles. The highest BCUT2D eigenvalue weighted by atomic mass is 16.5. The van der Waals surface area contributed by atoms with Gasteiger partial charge in [-0.15, -0.1) is 0 Å². The monoisotopic (exact) mass is 287 g/mol. The van der Waals surface area contributed by atoms with Gasteiger partial charge in [0.1, 0.15) is 5.76 Å². The third kappa shape index (κ3) is 3.62. The number of aryl methyl sites for hydroxylation is 1. The highest BCUT2D eigenvalue weighted by Gasteiger charge is 2.24. The van der Waals surface area contributed by atoms with E-state index in [2.05, 4.69) is 27.5 Å². The van der Waals surface area contributed by atoms with Crippen LogP contribution >= 0.6 is 0 Å². The van der Waals surface area contributed by atoms with Crippen molar-refractivity contribution in [1.29, 1.82) is 0 Å². The standard InChI is InChI=1S/C16H21N3O2/c1-13-9-16(18-21-13)19-8-7-17-10-15(19)12-20-11-14-5-3-2-4-6-14/h2-6,9,15,17H,7-8,10-12H2,1H3. The van der Waals surface area contributed by atoms with E-state index in [1.807, 2.05) is 31.2 Å². The number of aromatic nitrogens is 1. The summed E-state index contributed by atoms with van der Waals surface area (Å²) < 4.78 is 11.1. The number of benzene rings is 1. The number of hydrogen-bond acceptors (Lipinski definition) is 5. The summed E-state index contributed by atoms with van der Waals surface area (Å²) in [5, 5.41) is 7.53. The van der Waals surface area contributed by atoms with Gasteiger partial charge in [0.25, 0.3) is 0 Å². The zero-order chi connectivity index (χ0) is 14.5. The van der Waals surface area contributed by atoms with Gasteiger partial charge in [-0.3, -0.25) is 0 Å². The quantitative estimate of drug-likeness (QED) is 0.911. The largest absolute Gasteiger partial charge is 0.375 e. The van der Waals surface area contributed by atoms with E-state index < -0.39 is 0 Å². The lowest BCUT2D eigenvalue weighted by Gasteiger charge is -2.35. The van der Waals surface area contributed by atoms with Crippen LogP contribution < -0.4 is 10.2 Å². The molecule has 5 nitrogen and oxygen atoms in total. The Labute approximate surface area is 124 Å². The fraction of sp³-hybridized carbons (Fsp3) is 0.438. The molecule has 1 aromatic carbocycles. The molecule has 0 radical (unpaired) electrons. The van der Waals surface area contributed by atoms with E-state index in [1.165, 1.54) is 5.56 Å². The summed E-state index contributed by atoms with van der Waals surface area (Å²) in [6, 6.07) is 12.5. The Kier molecular flexibility index (Phi) is 4.52. The van der Waals surface area contributed by atoms with Gasteiger partial charge >= 0.3 is 0 Å². The average Bonchev–Trinajstić information content (AvgIpc) is 2.95. The third-order valence-electron chi connectivity index (χ3n) is 3.68. The molecule has 0 spiro atoms. The molecule has 0 saturated carbocycles. The molecule has 2 aromatic rings. The second-order valence-corrected chi connectivity index (χ2v) is 5.35. The predicted octanol–water partition coefficient (Wildman–Crippen LogP) is 1.98. The minimum absolute atomic E-state index is 0.284. The second kappa shape index (κ2) is 6.74. The first kappa shape index (κ1) is 14.1. The lowest BCUT2D eigenvalue weighted by molar-refractivity contribution is 0.102. The normalized spacial score (nSPS) is 18.9. The number of rotatable bonds is 5. The molecule has 0 aliphatic carbocycles. The summed E-state index contributed by atoms with van der Waals surface area (Å²) in [4.78, 5) is 2.26. The molecular weight excluding hydrogens is 266 g/mol. The van der Waals surface area contributed by atoms with Gasteiger partial charge in [0.05, 0.1) is 19.3 Å². The van der Waals surface area contributed by atoms with Crippen LogP contribution in [0.15, 0.2) is 40.9 Å². The van der Waals surface area contributed by atoms with Crippen molar-refractivity contribution in [2.45, 2.75) is 19.6 Å². The van der Waals surface area contributed by atoms with E-state index >= 15 is 0 Å². The van der Waals surface area contributed by atoms with Gasteiger partial charge < -0.3 is 19.5 Å². The maximum Gasteiger partial charge on any atom is 0.172 e. The number of nitrogens with zero attached hydrogens (tertiary/aromatic N) is 2. The Morgan fingerprint density at radius 3 is 3.00 bits per heavy atom. The Morgan fingerprint density at radius 1 is 1.38 bits per heavy atom. The van der Waals surface area contributed by atoms with E-state index in [9.17, 15) is 0 Å². The van der Waals surface area contributed by atoms with Crippen LogP contribution in [-0.2, 0) is 11.3 Å². The molecule has 1 aliphatic heterocycles. The summed E-state index contributed by atoms with van der Waals surface area (Å²) in [7, 11) is 0. The Balaban J connectivity index is 1.57. The van der Waals surface area contributed by atoms with Crippen molar-refractivity contribution >= 4 is 5.82 Å². The fourth-order valence-electron chi connectivity index (χ4n) is 2.59. The van der Waals surface area contributed by atoms with Gasteiger partial charge in [-0.1, -0.05) is 35.5 Å². The summed E-state index contributed by atoms with van der Waals surface area (Å²) in [5.41, 5.74) is 1.20. The fourth-order valence-corrected chi connectivity index (χ4v) is 2.59. The molecule has 1 atom stereocenters. The van der Waals surface area contributed by atoms with Crippen LogP contribution in [0.2, 0.25) is 0 Å². The van der Waals surface area contributed by atoms with Gasteiger partial charge in [0.15, 0.2) is 5.82 Å². The molecule has 2 heterocycles. The summed E-state index contributed by atoms with van der Waals surface area (Å²) in [6.07, 6.45) is 0. The van der Waals surface area contributed by atoms with Gasteiger partial charge in [-0.05, 0) is 12.5 Å². The van der Waals surface area contributed by atoms with Gasteiger partial charge in [0.2, 0.25) is 0 Å². The Hall–Kier alpha value is -1.85. The lowest BCUT2D eigenvalue weighted by Crippen LogP contribution is -2.53. The van der Waals surface area contributed by atoms with E-state index in [-0.39, 0.29) is 6.04 Å². The molecule has 0 bridgehead atoms. The average molecular weight is 287 g/mol. The van der Waals surface area contributed by atoms with E-state index in [1.54, 1.807) is 0 Å². The van der Waals surface area contributed by atoms with Gasteiger partial charge in [-0.25, -0.2) is 0 Å². The van der Waals surface area contributed by atoms with Crippen LogP contribution in [0.25, 0.3) is 0 Å². The molecule has 112 valence electrons. The number of nitrogens with one attached hydrogen (secondary N) is 1. The van der Waals surface area contributed by atoms with E-state index in [0.29, 0.717) is 13.2 Å². The van der Waals surface area contributed by atoms with Crippen LogP contribution in [0.3, 0.4) is 0 Å². The summed E-state index contributed by atoms with van der Waals surface area (Å²) in [6.45, 7) is 6.02. The van der Waals surface area contributed by atoms with Crippen LogP contribution in [0, 0.1) is 6.92 Å². The minimum atomic E-state index is 0.284. The Morgan fingerprint density at radius 2 is 2.24 bits per heavy atom. The molecule has 1 N–H and O–H groups in total.